The van der Waals surface area contributed by atoms with E-state index in [4.69, 9.17) is 39.9 Å². The van der Waals surface area contributed by atoms with Gasteiger partial charge in [-0.25, -0.2) is 19.9 Å². The van der Waals surface area contributed by atoms with E-state index in [0.717, 1.165) is 192 Å². The Labute approximate surface area is 518 Å². The SMILES string of the molecule is CCC1=C(CC)c2cc3[n-]c(cc4nc(cc5[n-]c(cc1n2)c(CC)c5CC)C(CC)=C4CC)c(CC)c3CC.CCC1=C(CC)c2cc3[n-]c(cc4nc(cc5[n-]c(cc1n2)c(CC)c5CC)C(CC)=C4CC)c(CC)c3CC.[Ce+4]. The fourth-order valence-electron chi connectivity index (χ4n) is 13.8. The summed E-state index contributed by atoms with van der Waals surface area (Å²) in [6.07, 6.45) is 15.2. The first-order chi connectivity index (χ1) is 38.9. The Morgan fingerprint density at radius 3 is 0.395 bits per heavy atom. The zero-order valence-corrected chi connectivity index (χ0v) is 55.2. The molecule has 9 heteroatoms. The van der Waals surface area contributed by atoms with Crippen LogP contribution in [0.2, 0.25) is 0 Å². The Bertz CT molecular complexity index is 3130. The fraction of sp³-hybridized carbons (Fsp3) is 0.444. The van der Waals surface area contributed by atoms with Crippen LogP contribution in [-0.4, -0.2) is 19.9 Å². The third kappa shape index (κ3) is 11.3. The van der Waals surface area contributed by atoms with E-state index in [1.54, 1.807) is 0 Å². The Kier molecular flexibility index (Phi) is 20.4. The predicted molar refractivity (Wildman–Crippen MR) is 342 cm³/mol. The van der Waals surface area contributed by atoms with Gasteiger partial charge in [0.2, 0.25) is 0 Å². The summed E-state index contributed by atoms with van der Waals surface area (Å²) >= 11 is 0. The number of nitrogens with zero attached hydrogens (tertiary/aromatic N) is 8. The molecule has 0 radical (unpaired) electrons. The van der Waals surface area contributed by atoms with E-state index in [9.17, 15) is 0 Å². The summed E-state index contributed by atoms with van der Waals surface area (Å²) in [5, 5.41) is 0. The van der Waals surface area contributed by atoms with Gasteiger partial charge < -0.3 is 19.9 Å². The zero-order valence-electron chi connectivity index (χ0n) is 52.0. The van der Waals surface area contributed by atoms with Crippen molar-refractivity contribution in [1.29, 1.82) is 0 Å². The molecule has 0 unspecified atom stereocenters. The van der Waals surface area contributed by atoms with Gasteiger partial charge in [-0.15, -0.1) is 44.1 Å². The van der Waals surface area contributed by atoms with Gasteiger partial charge >= 0.3 is 41.7 Å². The Morgan fingerprint density at radius 1 is 0.198 bits per heavy atom. The minimum absolute atomic E-state index is 0. The molecule has 0 fully saturated rings. The summed E-state index contributed by atoms with van der Waals surface area (Å²) in [7, 11) is 0. The second-order valence-electron chi connectivity index (χ2n) is 21.5. The summed E-state index contributed by atoms with van der Waals surface area (Å²) in [5.74, 6) is 0. The average Bonchev–Trinajstić information content (AvgIpc) is 4.49. The third-order valence-corrected chi connectivity index (χ3v) is 17.6. The molecule has 0 spiro atoms. The Hall–Kier alpha value is -5.42. The Morgan fingerprint density at radius 2 is 0.309 bits per heavy atom. The number of hydrogen-bond acceptors (Lipinski definition) is 4. The second-order valence-corrected chi connectivity index (χ2v) is 21.5. The smallest absolute Gasteiger partial charge is 0.657 e. The van der Waals surface area contributed by atoms with Crippen molar-refractivity contribution in [1.82, 2.24) is 39.9 Å². The summed E-state index contributed by atoms with van der Waals surface area (Å²) in [6.45, 7) is 35.9. The summed E-state index contributed by atoms with van der Waals surface area (Å²) in [6, 6.07) is 18.0. The molecule has 6 aromatic rings. The van der Waals surface area contributed by atoms with E-state index in [0.29, 0.717) is 0 Å². The van der Waals surface area contributed by atoms with Gasteiger partial charge in [0.1, 0.15) is 0 Å². The van der Waals surface area contributed by atoms with Crippen molar-refractivity contribution in [3.8, 4) is 0 Å². The molecule has 0 atom stereocenters. The monoisotopic (exact) mass is 1200 g/mol. The van der Waals surface area contributed by atoms with E-state index in [2.05, 4.69) is 159 Å². The molecule has 0 aliphatic carbocycles. The standard InChI is InChI=1S/2C36H44N4.Ce/c2*1-9-21-22(10-2)30-18-32-25(13-5)26(14-6)34(39-32)20-36-28(16-8)27(15-7)35(40-36)19-33-24(12-4)23(11-3)31(38-33)17-29(21)37-30;/h2*17-20H,9-16H2,1-8H3;/q2*-2;+4. The van der Waals surface area contributed by atoms with Crippen LogP contribution in [0.15, 0.2) is 48.5 Å². The van der Waals surface area contributed by atoms with Gasteiger partial charge in [-0.1, -0.05) is 204 Å². The maximum absolute atomic E-state index is 5.25. The minimum Gasteiger partial charge on any atom is -0.657 e. The number of allylic oxidation sites excluding steroid dienone is 8. The molecular formula is C72H88CeN8. The summed E-state index contributed by atoms with van der Waals surface area (Å²) in [5.41, 5.74) is 38.3. The van der Waals surface area contributed by atoms with E-state index in [1.165, 1.54) is 89.1 Å². The van der Waals surface area contributed by atoms with E-state index >= 15 is 0 Å². The van der Waals surface area contributed by atoms with E-state index in [-0.39, 0.29) is 41.7 Å². The first-order valence-electron chi connectivity index (χ1n) is 31.2. The molecule has 16 bridgehead atoms. The topological polar surface area (TPSA) is 108 Å². The number of aryl methyl sites for hydroxylation is 8. The van der Waals surface area contributed by atoms with Gasteiger partial charge in [0.25, 0.3) is 0 Å². The fourth-order valence-corrected chi connectivity index (χ4v) is 13.8. The number of fused-ring (bicyclic) bond motifs is 16. The minimum atomic E-state index is 0. The summed E-state index contributed by atoms with van der Waals surface area (Å²) < 4.78 is 0. The molecule has 0 saturated carbocycles. The maximum Gasteiger partial charge on any atom is 4.00 e. The summed E-state index contributed by atoms with van der Waals surface area (Å²) in [4.78, 5) is 42.0. The van der Waals surface area contributed by atoms with Crippen LogP contribution in [0.25, 0.3) is 88.7 Å². The molecule has 0 saturated heterocycles. The predicted octanol–water partition coefficient (Wildman–Crippen LogP) is 18.6. The van der Waals surface area contributed by atoms with Crippen molar-refractivity contribution in [2.45, 2.75) is 214 Å². The van der Waals surface area contributed by atoms with E-state index < -0.39 is 0 Å². The van der Waals surface area contributed by atoms with Crippen LogP contribution in [-0.2, 0) is 51.4 Å². The number of rotatable bonds is 16. The van der Waals surface area contributed by atoms with Crippen molar-refractivity contribution in [3.63, 3.8) is 0 Å². The second kappa shape index (κ2) is 26.9. The van der Waals surface area contributed by atoms with Crippen LogP contribution >= 0.6 is 0 Å². The molecule has 4 aliphatic heterocycles. The van der Waals surface area contributed by atoms with Crippen molar-refractivity contribution < 1.29 is 41.7 Å². The number of hydrogen-bond donors (Lipinski definition) is 0. The van der Waals surface area contributed by atoms with Crippen molar-refractivity contribution >= 4 is 88.7 Å². The van der Waals surface area contributed by atoms with Gasteiger partial charge in [-0.05, 0) is 147 Å². The molecule has 8 nitrogen and oxygen atoms in total. The molecule has 0 amide bonds. The van der Waals surface area contributed by atoms with Crippen LogP contribution in [0.1, 0.15) is 252 Å². The van der Waals surface area contributed by atoms with Crippen molar-refractivity contribution in [2.24, 2.45) is 0 Å². The third-order valence-electron chi connectivity index (χ3n) is 17.6. The van der Waals surface area contributed by atoms with Gasteiger partial charge in [-0.3, -0.25) is 0 Å². The molecule has 6 aromatic heterocycles. The Balaban J connectivity index is 0.000000210. The van der Waals surface area contributed by atoms with Crippen molar-refractivity contribution in [2.75, 3.05) is 0 Å². The largest absolute Gasteiger partial charge is 4.00 e. The first kappa shape index (κ1) is 61.6. The molecular weight excluding hydrogens is 1120 g/mol. The van der Waals surface area contributed by atoms with Crippen molar-refractivity contribution in [3.05, 3.63) is 139 Å². The normalized spacial score (nSPS) is 13.4. The van der Waals surface area contributed by atoms with Crippen LogP contribution in [0.5, 0.6) is 0 Å². The van der Waals surface area contributed by atoms with Gasteiger partial charge in [0, 0.05) is 0 Å². The number of aromatic nitrogens is 8. The van der Waals surface area contributed by atoms with Crippen LogP contribution < -0.4 is 19.9 Å². The van der Waals surface area contributed by atoms with Gasteiger partial charge in [0.15, 0.2) is 0 Å². The van der Waals surface area contributed by atoms with Gasteiger partial charge in [0.05, 0.1) is 45.6 Å². The maximum atomic E-state index is 5.25. The molecule has 4 aliphatic rings. The quantitative estimate of drug-likeness (QED) is 0.0943. The van der Waals surface area contributed by atoms with Crippen LogP contribution in [0, 0.1) is 41.7 Å². The first-order valence-corrected chi connectivity index (χ1v) is 31.2. The molecule has 81 heavy (non-hydrogen) atoms. The van der Waals surface area contributed by atoms with Gasteiger partial charge in [-0.2, -0.15) is 0 Å². The van der Waals surface area contributed by atoms with E-state index in [1.807, 2.05) is 0 Å². The zero-order chi connectivity index (χ0) is 57.1. The molecule has 10 heterocycles. The molecule has 0 aromatic carbocycles. The molecule has 10 rings (SSSR count). The molecule has 0 N–H and O–H groups in total. The van der Waals surface area contributed by atoms with Crippen LogP contribution in [0.4, 0.5) is 0 Å². The average molecular weight is 1210 g/mol. The molecule has 420 valence electrons. The van der Waals surface area contributed by atoms with Crippen LogP contribution in [0.3, 0.4) is 0 Å².